The van der Waals surface area contributed by atoms with Crippen molar-refractivity contribution in [3.63, 3.8) is 0 Å². The zero-order chi connectivity index (χ0) is 31.5. The predicted molar refractivity (Wildman–Crippen MR) is 130 cm³/mol. The lowest BCUT2D eigenvalue weighted by Gasteiger charge is -2.47. The van der Waals surface area contributed by atoms with E-state index in [0.29, 0.717) is 0 Å². The molecule has 3 aliphatic rings. The van der Waals surface area contributed by atoms with Crippen LogP contribution in [0.1, 0.15) is 13.3 Å². The SMILES string of the molecule is C[14C](=O)N[C@H]1[C@H]([C@H](O)[C@H](O)CO)O[C@](O)(COC[C@H]2O[C@@H](O[C@H]3[C@H](O)[C@@H](O)[C@@H](O)O[C@@H]3CO)[C@H](O)[C@@H](O)[C@H]2O)C[C@@H]1O. The van der Waals surface area contributed by atoms with E-state index in [0.717, 1.165) is 6.92 Å². The first-order chi connectivity index (χ1) is 19.6. The summed E-state index contributed by atoms with van der Waals surface area (Å²) in [7, 11) is 0. The Labute approximate surface area is 239 Å². The van der Waals surface area contributed by atoms with E-state index in [1.165, 1.54) is 0 Å². The van der Waals surface area contributed by atoms with Gasteiger partial charge in [0.25, 0.3) is 0 Å². The molecule has 13 N–H and O–H groups in total. The number of hydrogen-bond acceptors (Lipinski definition) is 18. The van der Waals surface area contributed by atoms with Crippen LogP contribution in [0.2, 0.25) is 0 Å². The minimum Gasteiger partial charge on any atom is -0.394 e. The van der Waals surface area contributed by atoms with Gasteiger partial charge in [-0.1, -0.05) is 0 Å². The average Bonchev–Trinajstić information content (AvgIpc) is 2.94. The van der Waals surface area contributed by atoms with Gasteiger partial charge in [0.15, 0.2) is 18.4 Å². The van der Waals surface area contributed by atoms with Crippen molar-refractivity contribution >= 4 is 5.91 Å². The first-order valence-electron chi connectivity index (χ1n) is 13.2. The maximum atomic E-state index is 11.6. The zero-order valence-corrected chi connectivity index (χ0v) is 22.5. The van der Waals surface area contributed by atoms with Gasteiger partial charge in [-0.2, -0.15) is 0 Å². The minimum absolute atomic E-state index is 0.562. The van der Waals surface area contributed by atoms with Gasteiger partial charge >= 0.3 is 0 Å². The first-order valence-corrected chi connectivity index (χ1v) is 13.2. The third kappa shape index (κ3) is 7.89. The van der Waals surface area contributed by atoms with Crippen molar-refractivity contribution in [2.45, 2.75) is 111 Å². The monoisotopic (exact) mass is 621 g/mol. The van der Waals surface area contributed by atoms with Crippen LogP contribution in [0.3, 0.4) is 0 Å². The Morgan fingerprint density at radius 2 is 1.62 bits per heavy atom. The highest BCUT2D eigenvalue weighted by atomic mass is 16.7. The van der Waals surface area contributed by atoms with Crippen LogP contribution in [-0.2, 0) is 28.5 Å². The quantitative estimate of drug-likeness (QED) is 0.102. The van der Waals surface area contributed by atoms with E-state index in [1.807, 2.05) is 0 Å². The van der Waals surface area contributed by atoms with E-state index in [9.17, 15) is 66.1 Å². The summed E-state index contributed by atoms with van der Waals surface area (Å²) in [6, 6.07) is -1.29. The van der Waals surface area contributed by atoms with Crippen molar-refractivity contribution in [1.29, 1.82) is 0 Å². The van der Waals surface area contributed by atoms with Gasteiger partial charge in [-0.05, 0) is 0 Å². The van der Waals surface area contributed by atoms with Crippen LogP contribution in [0.15, 0.2) is 0 Å². The van der Waals surface area contributed by atoms with E-state index in [1.54, 1.807) is 0 Å². The van der Waals surface area contributed by atoms with Gasteiger partial charge in [0.05, 0.1) is 32.0 Å². The van der Waals surface area contributed by atoms with Gasteiger partial charge in [-0.3, -0.25) is 4.79 Å². The molecule has 0 radical (unpaired) electrons. The number of nitrogens with one attached hydrogen (secondary N) is 1. The van der Waals surface area contributed by atoms with Crippen LogP contribution in [0.25, 0.3) is 0 Å². The molecule has 0 bridgehead atoms. The molecule has 1 amide bonds. The second-order valence-corrected chi connectivity index (χ2v) is 10.6. The smallest absolute Gasteiger partial charge is 0.217 e. The molecule has 0 saturated carbocycles. The Bertz CT molecular complexity index is 869. The molecular weight excluding hydrogens is 580 g/mol. The van der Waals surface area contributed by atoms with Crippen LogP contribution >= 0.6 is 0 Å². The van der Waals surface area contributed by atoms with Gasteiger partial charge in [-0.15, -0.1) is 0 Å². The third-order valence-corrected chi connectivity index (χ3v) is 7.35. The first kappa shape index (κ1) is 35.3. The Hall–Kier alpha value is -1.21. The summed E-state index contributed by atoms with van der Waals surface area (Å²) < 4.78 is 26.8. The molecule has 3 rings (SSSR count). The summed E-state index contributed by atoms with van der Waals surface area (Å²) in [6.07, 6.45) is -24.6. The minimum atomic E-state index is -2.34. The summed E-state index contributed by atoms with van der Waals surface area (Å²) in [6.45, 7) is -1.93. The molecule has 0 aliphatic carbocycles. The molecule has 0 spiro atoms. The molecule has 0 aromatic rings. The number of carbonyl (C=O) groups excluding carboxylic acids is 1. The van der Waals surface area contributed by atoms with Crippen LogP contribution in [-0.4, -0.2) is 191 Å². The fraction of sp³-hybridized carbons (Fsp3) is 0.957. The van der Waals surface area contributed by atoms with E-state index in [2.05, 4.69) is 5.32 Å². The molecule has 16 atom stereocenters. The molecule has 42 heavy (non-hydrogen) atoms. The zero-order valence-electron chi connectivity index (χ0n) is 22.5. The summed E-state index contributed by atoms with van der Waals surface area (Å²) in [5.74, 6) is -2.96. The average molecular weight is 622 g/mol. The highest BCUT2D eigenvalue weighted by Gasteiger charge is 2.52. The van der Waals surface area contributed by atoms with Gasteiger partial charge in [0, 0.05) is 13.3 Å². The number of hydrogen-bond donors (Lipinski definition) is 13. The lowest BCUT2D eigenvalue weighted by Crippen LogP contribution is -2.66. The maximum Gasteiger partial charge on any atom is 0.217 e. The Kier molecular flexibility index (Phi) is 12.4. The third-order valence-electron chi connectivity index (χ3n) is 7.35. The Morgan fingerprint density at radius 1 is 0.952 bits per heavy atom. The van der Waals surface area contributed by atoms with Crippen LogP contribution in [0.4, 0.5) is 0 Å². The molecule has 3 saturated heterocycles. The second-order valence-electron chi connectivity index (χ2n) is 10.6. The summed E-state index contributed by atoms with van der Waals surface area (Å²) in [5, 5.41) is 124. The highest BCUT2D eigenvalue weighted by molar-refractivity contribution is 5.73. The van der Waals surface area contributed by atoms with Crippen LogP contribution < -0.4 is 5.32 Å². The van der Waals surface area contributed by atoms with Crippen molar-refractivity contribution in [2.24, 2.45) is 0 Å². The number of carbonyl (C=O) groups is 1. The molecule has 0 aromatic heterocycles. The fourth-order valence-electron chi connectivity index (χ4n) is 5.05. The number of aliphatic hydroxyl groups is 12. The van der Waals surface area contributed by atoms with Crippen LogP contribution in [0.5, 0.6) is 0 Å². The van der Waals surface area contributed by atoms with E-state index >= 15 is 0 Å². The van der Waals surface area contributed by atoms with E-state index in [4.69, 9.17) is 23.7 Å². The van der Waals surface area contributed by atoms with Crippen molar-refractivity contribution in [2.75, 3.05) is 26.4 Å². The molecule has 0 unspecified atom stereocenters. The van der Waals surface area contributed by atoms with Crippen molar-refractivity contribution < 1.29 is 89.8 Å². The van der Waals surface area contributed by atoms with Gasteiger partial charge < -0.3 is 90.3 Å². The van der Waals surface area contributed by atoms with Crippen LogP contribution in [0, 0.1) is 0 Å². The molecule has 3 aliphatic heterocycles. The van der Waals surface area contributed by atoms with Gasteiger partial charge in [0.2, 0.25) is 5.91 Å². The van der Waals surface area contributed by atoms with Crippen molar-refractivity contribution in [3.8, 4) is 0 Å². The normalized spacial score (nSPS) is 46.2. The number of rotatable bonds is 11. The summed E-state index contributed by atoms with van der Waals surface area (Å²) >= 11 is 0. The Balaban J connectivity index is 1.66. The number of aliphatic hydroxyl groups excluding tert-OH is 11. The highest BCUT2D eigenvalue weighted by Crippen LogP contribution is 2.32. The maximum absolute atomic E-state index is 11.6. The molecule has 19 nitrogen and oxygen atoms in total. The van der Waals surface area contributed by atoms with E-state index < -0.39 is 136 Å². The largest absolute Gasteiger partial charge is 0.394 e. The molecular formula is C23H41NO18. The summed E-state index contributed by atoms with van der Waals surface area (Å²) in [5.41, 5.74) is 0. The van der Waals surface area contributed by atoms with Crippen molar-refractivity contribution in [1.82, 2.24) is 5.32 Å². The predicted octanol–water partition coefficient (Wildman–Crippen LogP) is -8.32. The number of amides is 1. The second kappa shape index (κ2) is 14.7. The molecule has 19 heteroatoms. The lowest BCUT2D eigenvalue weighted by atomic mass is 9.89. The molecule has 3 fully saturated rings. The van der Waals surface area contributed by atoms with Crippen molar-refractivity contribution in [3.05, 3.63) is 0 Å². The molecule has 0 aromatic carbocycles. The number of ether oxygens (including phenoxy) is 5. The van der Waals surface area contributed by atoms with E-state index in [-0.39, 0.29) is 0 Å². The fourth-order valence-corrected chi connectivity index (χ4v) is 5.05. The topological polar surface area (TPSA) is 318 Å². The molecule has 246 valence electrons. The van der Waals surface area contributed by atoms with Gasteiger partial charge in [0.1, 0.15) is 73.8 Å². The Morgan fingerprint density at radius 3 is 2.21 bits per heavy atom. The van der Waals surface area contributed by atoms with Gasteiger partial charge in [-0.25, -0.2) is 0 Å². The lowest BCUT2D eigenvalue weighted by molar-refractivity contribution is -0.358. The molecule has 3 heterocycles. The standard InChI is InChI=1S/C23H41NO18/c1-7(27)24-12-8(28)2-23(37,42-20(12)13(30)9(29)3-25)6-38-5-11-14(31)15(32)18(35)22(40-11)41-19-10(4-26)39-21(36)17(34)16(19)33/h8-22,25-26,28-37H,2-6H2,1H3,(H,24,27)/t8-,9+,10+,11+,12+,13+,14-,15-,16+,17+,18+,19+,20+,21-,22-,23-/m0/s1/i7+2. The summed E-state index contributed by atoms with van der Waals surface area (Å²) in [4.78, 5) is 11.6.